The maximum Gasteiger partial charge on any atom is 0.315 e. The Morgan fingerprint density at radius 1 is 0.891 bits per heavy atom. The fourth-order valence-electron chi connectivity index (χ4n) is 8.85. The van der Waals surface area contributed by atoms with Crippen LogP contribution in [0.3, 0.4) is 0 Å². The highest BCUT2D eigenvalue weighted by Gasteiger charge is 2.31. The molecule has 0 spiro atoms. The predicted octanol–water partition coefficient (Wildman–Crippen LogP) is 7.59. The van der Waals surface area contributed by atoms with Crippen LogP contribution in [0.1, 0.15) is 105 Å². The number of nitrogens with one attached hydrogen (secondary N) is 3. The topological polar surface area (TPSA) is 162 Å². The van der Waals surface area contributed by atoms with Gasteiger partial charge in [-0.15, -0.1) is 0 Å². The van der Waals surface area contributed by atoms with Gasteiger partial charge < -0.3 is 25.0 Å². The summed E-state index contributed by atoms with van der Waals surface area (Å²) in [4.78, 5) is 56.8. The minimum atomic E-state index is -0.625. The SMILES string of the molecule is Cc1cc(-c2cc(Nc3ccc(N4CCN(CCC5CCN(c6ccc(C7CCC(=O)NC7=O)c(F)c6)CC5)CC4)cc3)ncn2)c(F)cc1[C@@H](C)NC(=O)c1nc(C(C)(C)C)no1. The third-order valence-electron chi connectivity index (χ3n) is 12.7. The fraction of sp³-hybridized carbons (Fsp3) is 0.438. The van der Waals surface area contributed by atoms with E-state index >= 15 is 8.78 Å². The van der Waals surface area contributed by atoms with Crippen molar-refractivity contribution in [1.29, 1.82) is 0 Å². The van der Waals surface area contributed by atoms with Crippen LogP contribution in [0.15, 0.2) is 71.5 Å². The highest BCUT2D eigenvalue weighted by Crippen LogP contribution is 2.33. The lowest BCUT2D eigenvalue weighted by molar-refractivity contribution is -0.134. The van der Waals surface area contributed by atoms with E-state index in [2.05, 4.69) is 62.9 Å². The number of halogens is 2. The van der Waals surface area contributed by atoms with Crippen molar-refractivity contribution >= 4 is 40.6 Å². The van der Waals surface area contributed by atoms with Crippen molar-refractivity contribution in [3.8, 4) is 11.3 Å². The highest BCUT2D eigenvalue weighted by atomic mass is 19.1. The number of carbonyl (C=O) groups is 3. The first-order valence-corrected chi connectivity index (χ1v) is 22.2. The molecule has 336 valence electrons. The maximum absolute atomic E-state index is 15.7. The second-order valence-corrected chi connectivity index (χ2v) is 18.3. The number of imide groups is 1. The Morgan fingerprint density at radius 3 is 2.30 bits per heavy atom. The molecule has 0 radical (unpaired) electrons. The minimum Gasteiger partial charge on any atom is -0.371 e. The normalized spacial score (nSPS) is 18.2. The van der Waals surface area contributed by atoms with Crippen LogP contribution in [0, 0.1) is 24.5 Å². The molecule has 3 amide bonds. The molecule has 0 saturated carbocycles. The van der Waals surface area contributed by atoms with Gasteiger partial charge in [-0.05, 0) is 112 Å². The summed E-state index contributed by atoms with van der Waals surface area (Å²) >= 11 is 0. The molecule has 8 rings (SSSR count). The third-order valence-corrected chi connectivity index (χ3v) is 12.7. The molecule has 2 aromatic heterocycles. The van der Waals surface area contributed by atoms with Crippen LogP contribution in [0.4, 0.5) is 31.7 Å². The molecule has 3 aliphatic rings. The number of rotatable bonds is 12. The first kappa shape index (κ1) is 44.3. The van der Waals surface area contributed by atoms with Crippen molar-refractivity contribution in [2.24, 2.45) is 5.92 Å². The van der Waals surface area contributed by atoms with Gasteiger partial charge in [0.1, 0.15) is 23.8 Å². The van der Waals surface area contributed by atoms with Crippen molar-refractivity contribution in [2.75, 3.05) is 60.9 Å². The molecule has 3 aliphatic heterocycles. The first-order valence-electron chi connectivity index (χ1n) is 22.2. The van der Waals surface area contributed by atoms with Gasteiger partial charge in [0.25, 0.3) is 0 Å². The van der Waals surface area contributed by atoms with Gasteiger partial charge in [0, 0.05) is 85.4 Å². The quantitative estimate of drug-likeness (QED) is 0.106. The first-order chi connectivity index (χ1) is 30.7. The molecule has 1 unspecified atom stereocenters. The molecule has 3 N–H and O–H groups in total. The lowest BCUT2D eigenvalue weighted by Crippen LogP contribution is -2.47. The monoisotopic (exact) mass is 874 g/mol. The highest BCUT2D eigenvalue weighted by molar-refractivity contribution is 6.01. The van der Waals surface area contributed by atoms with E-state index in [1.54, 1.807) is 31.2 Å². The number of anilines is 4. The van der Waals surface area contributed by atoms with E-state index in [4.69, 9.17) is 4.52 Å². The van der Waals surface area contributed by atoms with Crippen molar-refractivity contribution in [1.82, 2.24) is 35.6 Å². The molecule has 5 heterocycles. The number of carbonyl (C=O) groups excluding carboxylic acids is 3. The van der Waals surface area contributed by atoms with E-state index in [1.165, 1.54) is 12.4 Å². The smallest absolute Gasteiger partial charge is 0.315 e. The summed E-state index contributed by atoms with van der Waals surface area (Å²) < 4.78 is 36.0. The van der Waals surface area contributed by atoms with Gasteiger partial charge in [0.05, 0.1) is 17.7 Å². The Morgan fingerprint density at radius 2 is 1.61 bits per heavy atom. The molecule has 0 aliphatic carbocycles. The summed E-state index contributed by atoms with van der Waals surface area (Å²) in [5, 5.41) is 12.4. The number of amides is 3. The Balaban J connectivity index is 0.782. The minimum absolute atomic E-state index is 0.143. The number of piperidine rings is 2. The maximum atomic E-state index is 15.7. The Kier molecular flexibility index (Phi) is 13.0. The largest absolute Gasteiger partial charge is 0.371 e. The zero-order valence-corrected chi connectivity index (χ0v) is 37.1. The molecule has 16 heteroatoms. The van der Waals surface area contributed by atoms with E-state index in [0.29, 0.717) is 46.4 Å². The summed E-state index contributed by atoms with van der Waals surface area (Å²) in [5.41, 5.74) is 4.96. The van der Waals surface area contributed by atoms with Crippen molar-refractivity contribution in [2.45, 2.75) is 84.1 Å². The molecule has 3 saturated heterocycles. The molecular formula is C48H56F2N10O4. The second kappa shape index (κ2) is 18.8. The zero-order chi connectivity index (χ0) is 45.1. The predicted molar refractivity (Wildman–Crippen MR) is 240 cm³/mol. The van der Waals surface area contributed by atoms with E-state index < -0.39 is 29.6 Å². The molecule has 5 aromatic rings. The van der Waals surface area contributed by atoms with Crippen molar-refractivity contribution in [3.63, 3.8) is 0 Å². The fourth-order valence-corrected chi connectivity index (χ4v) is 8.85. The van der Waals surface area contributed by atoms with E-state index in [9.17, 15) is 14.4 Å². The number of benzene rings is 3. The van der Waals surface area contributed by atoms with Crippen LogP contribution in [0.25, 0.3) is 11.3 Å². The van der Waals surface area contributed by atoms with Crippen LogP contribution in [0.2, 0.25) is 0 Å². The van der Waals surface area contributed by atoms with Crippen LogP contribution in [-0.4, -0.2) is 88.5 Å². The number of piperazine rings is 1. The van der Waals surface area contributed by atoms with Crippen molar-refractivity contribution in [3.05, 3.63) is 107 Å². The van der Waals surface area contributed by atoms with Gasteiger partial charge in [-0.25, -0.2) is 18.7 Å². The Bertz CT molecular complexity index is 2490. The number of hydrogen-bond acceptors (Lipinski definition) is 12. The van der Waals surface area contributed by atoms with Crippen LogP contribution < -0.4 is 25.8 Å². The summed E-state index contributed by atoms with van der Waals surface area (Å²) in [7, 11) is 0. The van der Waals surface area contributed by atoms with Crippen LogP contribution in [0.5, 0.6) is 0 Å². The number of hydrogen-bond donors (Lipinski definition) is 3. The van der Waals surface area contributed by atoms with Gasteiger partial charge in [0.15, 0.2) is 5.82 Å². The Hall–Kier alpha value is -6.29. The van der Waals surface area contributed by atoms with Gasteiger partial charge in [-0.3, -0.25) is 24.6 Å². The number of nitrogens with zero attached hydrogens (tertiary/aromatic N) is 7. The van der Waals surface area contributed by atoms with E-state index in [-0.39, 0.29) is 29.5 Å². The molecule has 2 atom stereocenters. The Labute approximate surface area is 372 Å². The van der Waals surface area contributed by atoms with Gasteiger partial charge in [-0.2, -0.15) is 4.98 Å². The average molecular weight is 875 g/mol. The standard InChI is InChI=1S/C48H56F2N10O4/c1-29-24-38(40(50)26-37(29)30(2)53-45(63)46-56-47(57-64-46)48(3,4)5)41-27-42(52-28-51-41)54-32-6-8-33(9-7-32)60-22-20-58(21-23-60)17-14-31-15-18-59(19-16-31)34-10-11-35(39(49)25-34)36-12-13-43(61)55-44(36)62/h6-11,24-28,30-31,36H,12-23H2,1-5H3,(H,53,63)(H,51,52,54)(H,55,61,62)/t30-,36?/m1/s1. The van der Waals surface area contributed by atoms with Gasteiger partial charge in [-0.1, -0.05) is 32.0 Å². The zero-order valence-electron chi connectivity index (χ0n) is 37.1. The van der Waals surface area contributed by atoms with Crippen LogP contribution in [-0.2, 0) is 15.0 Å². The lowest BCUT2D eigenvalue weighted by atomic mass is 9.89. The molecule has 0 bridgehead atoms. The van der Waals surface area contributed by atoms with Crippen LogP contribution >= 0.6 is 0 Å². The molecule has 64 heavy (non-hydrogen) atoms. The summed E-state index contributed by atoms with van der Waals surface area (Å²) in [6.07, 6.45) is 5.22. The average Bonchev–Trinajstić information content (AvgIpc) is 3.80. The lowest BCUT2D eigenvalue weighted by Gasteiger charge is -2.38. The second-order valence-electron chi connectivity index (χ2n) is 18.3. The van der Waals surface area contributed by atoms with Gasteiger partial charge in [0.2, 0.25) is 11.8 Å². The van der Waals surface area contributed by atoms with E-state index in [1.807, 2.05) is 45.9 Å². The van der Waals surface area contributed by atoms with E-state index in [0.717, 1.165) is 87.7 Å². The molecule has 14 nitrogen and oxygen atoms in total. The summed E-state index contributed by atoms with van der Waals surface area (Å²) in [6, 6.07) is 17.7. The summed E-state index contributed by atoms with van der Waals surface area (Å²) in [5.74, 6) is -1.31. The number of aryl methyl sites for hydroxylation is 1. The van der Waals surface area contributed by atoms with Gasteiger partial charge >= 0.3 is 11.8 Å². The van der Waals surface area contributed by atoms with Crippen molar-refractivity contribution < 1.29 is 27.7 Å². The summed E-state index contributed by atoms with van der Waals surface area (Å²) in [6.45, 7) is 16.1. The molecular weight excluding hydrogens is 819 g/mol. The molecule has 3 aromatic carbocycles. The number of aromatic nitrogens is 4. The molecule has 3 fully saturated rings. The third kappa shape index (κ3) is 10.2.